The number of para-hydroxylation sites is 1. The molecule has 2 aromatic carbocycles. The smallest absolute Gasteiger partial charge is 0.116 e. The first-order valence-electron chi connectivity index (χ1n) is 9.20. The predicted octanol–water partition coefficient (Wildman–Crippen LogP) is 3.95. The largest absolute Gasteiger partial charge is 0.306 e. The molecule has 0 radical (unpaired) electrons. The quantitative estimate of drug-likeness (QED) is 0.468. The van der Waals surface area contributed by atoms with Crippen molar-refractivity contribution in [2.24, 2.45) is 0 Å². The second-order valence-electron chi connectivity index (χ2n) is 6.76. The minimum absolute atomic E-state index is 0.938. The van der Waals surface area contributed by atoms with Crippen molar-refractivity contribution >= 4 is 21.9 Å². The molecule has 4 aromatic heterocycles. The first-order chi connectivity index (χ1) is 14.4. The Morgan fingerprint density at radius 2 is 1.38 bits per heavy atom. The minimum Gasteiger partial charge on any atom is -0.306 e. The lowest BCUT2D eigenvalue weighted by Crippen LogP contribution is -2.01. The number of fused-ring (bicyclic) bond motifs is 3. The molecule has 0 amide bonds. The molecule has 0 saturated carbocycles. The lowest BCUT2D eigenvalue weighted by atomic mass is 10.2. The van der Waals surface area contributed by atoms with E-state index in [9.17, 15) is 0 Å². The Balaban J connectivity index is 1.71. The fourth-order valence-corrected chi connectivity index (χ4v) is 3.80. The van der Waals surface area contributed by atoms with Crippen molar-refractivity contribution in [3.05, 3.63) is 92.4 Å². The van der Waals surface area contributed by atoms with E-state index in [1.165, 1.54) is 0 Å². The van der Waals surface area contributed by atoms with Gasteiger partial charge in [-0.15, -0.1) is 0 Å². The highest BCUT2D eigenvalue weighted by Crippen LogP contribution is 2.31. The van der Waals surface area contributed by atoms with E-state index in [4.69, 9.17) is 0 Å². The van der Waals surface area contributed by atoms with Crippen LogP contribution in [-0.4, -0.2) is 33.6 Å². The molecule has 7 nitrogen and oxygen atoms in total. The summed E-state index contributed by atoms with van der Waals surface area (Å²) in [6.07, 6.45) is 14.5. The van der Waals surface area contributed by atoms with Crippen LogP contribution in [0.2, 0.25) is 0 Å². The van der Waals surface area contributed by atoms with Crippen LogP contribution in [0.1, 0.15) is 0 Å². The van der Waals surface area contributed by atoms with Gasteiger partial charge in [0.1, 0.15) is 6.33 Å². The van der Waals surface area contributed by atoms with E-state index >= 15 is 0 Å². The predicted molar refractivity (Wildman–Crippen MR) is 111 cm³/mol. The summed E-state index contributed by atoms with van der Waals surface area (Å²) in [5, 5.41) is 1.10. The highest BCUT2D eigenvalue weighted by molar-refractivity contribution is 6.06. The summed E-state index contributed by atoms with van der Waals surface area (Å²) in [6, 6.07) is 14.7. The Kier molecular flexibility index (Phi) is 3.33. The van der Waals surface area contributed by atoms with E-state index in [1.54, 1.807) is 31.4 Å². The highest BCUT2D eigenvalue weighted by atomic mass is 15.1. The number of benzene rings is 2. The Morgan fingerprint density at radius 1 is 0.690 bits per heavy atom. The Bertz CT molecular complexity index is 1340. The molecule has 6 aromatic rings. The standard InChI is InChI=1S/C22H15N7/c1-2-4-20-19(3-1)22-21(12-25-13-26-22)29(20)18-10-16(27-7-5-23-14-27)9-17(11-18)28-8-6-24-15-28/h1-15H. The van der Waals surface area contributed by atoms with Crippen LogP contribution in [0, 0.1) is 0 Å². The monoisotopic (exact) mass is 377 g/mol. The van der Waals surface area contributed by atoms with Crippen molar-refractivity contribution in [1.82, 2.24) is 33.6 Å². The summed E-state index contributed by atoms with van der Waals surface area (Å²) < 4.78 is 6.19. The maximum absolute atomic E-state index is 4.54. The van der Waals surface area contributed by atoms with Gasteiger partial charge in [0.05, 0.1) is 52.5 Å². The summed E-state index contributed by atoms with van der Waals surface area (Å²) in [5.74, 6) is 0. The van der Waals surface area contributed by atoms with Crippen LogP contribution in [0.4, 0.5) is 0 Å². The Morgan fingerprint density at radius 3 is 2.07 bits per heavy atom. The number of aromatic nitrogens is 7. The highest BCUT2D eigenvalue weighted by Gasteiger charge is 2.15. The average molecular weight is 377 g/mol. The van der Waals surface area contributed by atoms with Gasteiger partial charge in [-0.2, -0.15) is 0 Å². The zero-order chi connectivity index (χ0) is 19.2. The Labute approximate surface area is 165 Å². The summed E-state index contributed by atoms with van der Waals surface area (Å²) in [4.78, 5) is 17.2. The van der Waals surface area contributed by atoms with Crippen LogP contribution in [-0.2, 0) is 0 Å². The van der Waals surface area contributed by atoms with Crippen molar-refractivity contribution in [2.75, 3.05) is 0 Å². The molecule has 0 saturated heterocycles. The molecule has 0 N–H and O–H groups in total. The van der Waals surface area contributed by atoms with Crippen LogP contribution in [0.25, 0.3) is 39.0 Å². The van der Waals surface area contributed by atoms with Crippen molar-refractivity contribution < 1.29 is 0 Å². The van der Waals surface area contributed by atoms with Gasteiger partial charge in [0.25, 0.3) is 0 Å². The van der Waals surface area contributed by atoms with Gasteiger partial charge < -0.3 is 13.7 Å². The zero-order valence-corrected chi connectivity index (χ0v) is 15.3. The normalized spacial score (nSPS) is 11.4. The van der Waals surface area contributed by atoms with Crippen molar-refractivity contribution in [2.45, 2.75) is 0 Å². The molecule has 0 aliphatic rings. The number of imidazole rings is 2. The van der Waals surface area contributed by atoms with Gasteiger partial charge in [0.15, 0.2) is 0 Å². The third-order valence-corrected chi connectivity index (χ3v) is 5.08. The van der Waals surface area contributed by atoms with Crippen LogP contribution >= 0.6 is 0 Å². The lowest BCUT2D eigenvalue weighted by Gasteiger charge is -2.13. The Hall–Kier alpha value is -4.26. The molecule has 0 unspecified atom stereocenters. The molecule has 29 heavy (non-hydrogen) atoms. The van der Waals surface area contributed by atoms with Crippen LogP contribution in [0.3, 0.4) is 0 Å². The second-order valence-corrected chi connectivity index (χ2v) is 6.76. The molecule has 6 rings (SSSR count). The minimum atomic E-state index is 0.938. The maximum Gasteiger partial charge on any atom is 0.116 e. The van der Waals surface area contributed by atoms with Crippen LogP contribution in [0.5, 0.6) is 0 Å². The third-order valence-electron chi connectivity index (χ3n) is 5.08. The molecule has 0 fully saturated rings. The molecule has 0 aliphatic heterocycles. The van der Waals surface area contributed by atoms with Gasteiger partial charge in [0, 0.05) is 30.2 Å². The zero-order valence-electron chi connectivity index (χ0n) is 15.3. The molecule has 4 heterocycles. The maximum atomic E-state index is 4.54. The number of nitrogens with zero attached hydrogens (tertiary/aromatic N) is 7. The molecular formula is C22H15N7. The van der Waals surface area contributed by atoms with Gasteiger partial charge >= 0.3 is 0 Å². The number of hydrogen-bond acceptors (Lipinski definition) is 4. The van der Waals surface area contributed by atoms with Gasteiger partial charge in [-0.25, -0.2) is 19.9 Å². The van der Waals surface area contributed by atoms with E-state index in [0.29, 0.717) is 0 Å². The molecule has 7 heteroatoms. The summed E-state index contributed by atoms with van der Waals surface area (Å²) >= 11 is 0. The first-order valence-corrected chi connectivity index (χ1v) is 9.20. The van der Waals surface area contributed by atoms with Crippen molar-refractivity contribution in [3.8, 4) is 17.1 Å². The molecular weight excluding hydrogens is 362 g/mol. The lowest BCUT2D eigenvalue weighted by molar-refractivity contribution is 1.01. The van der Waals surface area contributed by atoms with E-state index in [0.717, 1.165) is 39.0 Å². The van der Waals surface area contributed by atoms with E-state index in [-0.39, 0.29) is 0 Å². The number of rotatable bonds is 3. The average Bonchev–Trinajstić information content (AvgIpc) is 3.54. The molecule has 0 aliphatic carbocycles. The van der Waals surface area contributed by atoms with Crippen molar-refractivity contribution in [3.63, 3.8) is 0 Å². The SMILES string of the molecule is c1ccc2c(c1)c1ncncc1n2-c1cc(-n2ccnc2)cc(-n2ccnc2)c1. The van der Waals surface area contributed by atoms with Gasteiger partial charge in [-0.3, -0.25) is 0 Å². The summed E-state index contributed by atoms with van der Waals surface area (Å²) in [6.45, 7) is 0. The van der Waals surface area contributed by atoms with E-state index in [1.807, 2.05) is 39.9 Å². The van der Waals surface area contributed by atoms with Gasteiger partial charge in [0.2, 0.25) is 0 Å². The molecule has 138 valence electrons. The molecule has 0 spiro atoms. The van der Waals surface area contributed by atoms with Crippen molar-refractivity contribution in [1.29, 1.82) is 0 Å². The summed E-state index contributed by atoms with van der Waals surface area (Å²) in [7, 11) is 0. The van der Waals surface area contributed by atoms with Crippen LogP contribution in [0.15, 0.2) is 92.4 Å². The topological polar surface area (TPSA) is 66.3 Å². The van der Waals surface area contributed by atoms with E-state index in [2.05, 4.69) is 54.8 Å². The molecule has 0 atom stereocenters. The first kappa shape index (κ1) is 15.8. The van der Waals surface area contributed by atoms with Gasteiger partial charge in [-0.1, -0.05) is 18.2 Å². The fourth-order valence-electron chi connectivity index (χ4n) is 3.80. The van der Waals surface area contributed by atoms with E-state index < -0.39 is 0 Å². The molecule has 0 bridgehead atoms. The second kappa shape index (κ2) is 6.13. The van der Waals surface area contributed by atoms with Crippen LogP contribution < -0.4 is 0 Å². The fraction of sp³-hybridized carbons (Fsp3) is 0. The van der Waals surface area contributed by atoms with Gasteiger partial charge in [-0.05, 0) is 24.3 Å². The summed E-state index contributed by atoms with van der Waals surface area (Å²) in [5.41, 5.74) is 6.02. The number of hydrogen-bond donors (Lipinski definition) is 0. The third kappa shape index (κ3) is 2.45.